The standard InChI is InChI=1S/C15H17ClN2O2/c16-12-2-1-11-3-6-18(13(11)7-12)8-14(20)17-9-15(10-19)4-5-15/h1-3,6-7,19H,4-5,8-10H2,(H,17,20). The van der Waals surface area contributed by atoms with E-state index >= 15 is 0 Å². The zero-order valence-electron chi connectivity index (χ0n) is 11.1. The van der Waals surface area contributed by atoms with Crippen LogP contribution in [0.25, 0.3) is 10.9 Å². The second-order valence-corrected chi connectivity index (χ2v) is 6.02. The third kappa shape index (κ3) is 2.67. The van der Waals surface area contributed by atoms with E-state index in [1.165, 1.54) is 0 Å². The summed E-state index contributed by atoms with van der Waals surface area (Å²) in [4.78, 5) is 12.0. The second-order valence-electron chi connectivity index (χ2n) is 5.58. The lowest BCUT2D eigenvalue weighted by Gasteiger charge is -2.13. The van der Waals surface area contributed by atoms with E-state index in [9.17, 15) is 9.90 Å². The number of aliphatic hydroxyl groups is 1. The number of rotatable bonds is 5. The molecule has 0 aliphatic heterocycles. The van der Waals surface area contributed by atoms with E-state index in [1.807, 2.05) is 35.0 Å². The normalized spacial score (nSPS) is 16.3. The van der Waals surface area contributed by atoms with Crippen molar-refractivity contribution in [2.45, 2.75) is 19.4 Å². The van der Waals surface area contributed by atoms with Crippen molar-refractivity contribution in [1.82, 2.24) is 9.88 Å². The summed E-state index contributed by atoms with van der Waals surface area (Å²) in [7, 11) is 0. The molecule has 2 N–H and O–H groups in total. The van der Waals surface area contributed by atoms with E-state index in [2.05, 4.69) is 5.32 Å². The molecule has 2 aromatic rings. The maximum atomic E-state index is 12.0. The summed E-state index contributed by atoms with van der Waals surface area (Å²) in [5, 5.41) is 13.9. The Morgan fingerprint density at radius 2 is 2.20 bits per heavy atom. The molecule has 1 aliphatic rings. The van der Waals surface area contributed by atoms with Gasteiger partial charge < -0.3 is 15.0 Å². The van der Waals surface area contributed by atoms with Crippen molar-refractivity contribution in [3.8, 4) is 0 Å². The van der Waals surface area contributed by atoms with Gasteiger partial charge in [0.1, 0.15) is 6.54 Å². The molecular formula is C15H17ClN2O2. The van der Waals surface area contributed by atoms with Gasteiger partial charge in [-0.25, -0.2) is 0 Å². The highest BCUT2D eigenvalue weighted by Crippen LogP contribution is 2.44. The second kappa shape index (κ2) is 5.11. The summed E-state index contributed by atoms with van der Waals surface area (Å²) in [6.45, 7) is 0.975. The maximum absolute atomic E-state index is 12.0. The van der Waals surface area contributed by atoms with Crippen LogP contribution < -0.4 is 5.32 Å². The molecular weight excluding hydrogens is 276 g/mol. The van der Waals surface area contributed by atoms with Gasteiger partial charge in [0.2, 0.25) is 5.91 Å². The number of carbonyl (C=O) groups is 1. The van der Waals surface area contributed by atoms with Crippen molar-refractivity contribution in [3.05, 3.63) is 35.5 Å². The van der Waals surface area contributed by atoms with Crippen molar-refractivity contribution in [1.29, 1.82) is 0 Å². The van der Waals surface area contributed by atoms with Crippen LogP contribution in [0.4, 0.5) is 0 Å². The molecule has 106 valence electrons. The number of fused-ring (bicyclic) bond motifs is 1. The molecule has 1 aliphatic carbocycles. The highest BCUT2D eigenvalue weighted by atomic mass is 35.5. The first-order valence-corrected chi connectivity index (χ1v) is 7.12. The first kappa shape index (κ1) is 13.5. The molecule has 1 aromatic carbocycles. The predicted octanol–water partition coefficient (Wildman–Crippen LogP) is 2.18. The van der Waals surface area contributed by atoms with Crippen molar-refractivity contribution in [3.63, 3.8) is 0 Å². The SMILES string of the molecule is O=C(Cn1ccc2ccc(Cl)cc21)NCC1(CO)CC1. The molecule has 0 atom stereocenters. The lowest BCUT2D eigenvalue weighted by Crippen LogP contribution is -2.34. The third-order valence-electron chi connectivity index (χ3n) is 4.00. The summed E-state index contributed by atoms with van der Waals surface area (Å²) in [6, 6.07) is 7.61. The number of benzene rings is 1. The average Bonchev–Trinajstić information content (AvgIpc) is 3.14. The highest BCUT2D eigenvalue weighted by Gasteiger charge is 2.41. The summed E-state index contributed by atoms with van der Waals surface area (Å²) in [6.07, 6.45) is 3.87. The zero-order chi connectivity index (χ0) is 14.2. The Kier molecular flexibility index (Phi) is 3.44. The minimum Gasteiger partial charge on any atom is -0.396 e. The van der Waals surface area contributed by atoms with Crippen molar-refractivity contribution in [2.24, 2.45) is 5.41 Å². The van der Waals surface area contributed by atoms with E-state index in [0.717, 1.165) is 23.7 Å². The molecule has 1 aromatic heterocycles. The van der Waals surface area contributed by atoms with Crippen molar-refractivity contribution < 1.29 is 9.90 Å². The molecule has 0 bridgehead atoms. The lowest BCUT2D eigenvalue weighted by molar-refractivity contribution is -0.121. The van der Waals surface area contributed by atoms with E-state index in [4.69, 9.17) is 11.6 Å². The number of aliphatic hydroxyl groups excluding tert-OH is 1. The first-order valence-electron chi connectivity index (χ1n) is 6.74. The monoisotopic (exact) mass is 292 g/mol. The molecule has 3 rings (SSSR count). The van der Waals surface area contributed by atoms with Gasteiger partial charge in [-0.05, 0) is 36.4 Å². The van der Waals surface area contributed by atoms with Crippen LogP contribution in [-0.4, -0.2) is 28.7 Å². The number of carbonyl (C=O) groups excluding carboxylic acids is 1. The van der Waals surface area contributed by atoms with E-state index < -0.39 is 0 Å². The summed E-state index contributed by atoms with van der Waals surface area (Å²) >= 11 is 5.99. The van der Waals surface area contributed by atoms with Crippen LogP contribution in [0.3, 0.4) is 0 Å². The van der Waals surface area contributed by atoms with Gasteiger partial charge in [0, 0.05) is 28.7 Å². The molecule has 0 unspecified atom stereocenters. The predicted molar refractivity (Wildman–Crippen MR) is 78.7 cm³/mol. The molecule has 1 saturated carbocycles. The Morgan fingerprint density at radius 1 is 1.40 bits per heavy atom. The van der Waals surface area contributed by atoms with Crippen LogP contribution in [0.5, 0.6) is 0 Å². The Bertz CT molecular complexity index is 646. The number of nitrogens with zero attached hydrogens (tertiary/aromatic N) is 1. The van der Waals surface area contributed by atoms with Gasteiger partial charge >= 0.3 is 0 Å². The van der Waals surface area contributed by atoms with Crippen LogP contribution in [-0.2, 0) is 11.3 Å². The fraction of sp³-hybridized carbons (Fsp3) is 0.400. The quantitative estimate of drug-likeness (QED) is 0.887. The minimum absolute atomic E-state index is 0.0396. The smallest absolute Gasteiger partial charge is 0.239 e. The number of hydrogen-bond acceptors (Lipinski definition) is 2. The van der Waals surface area contributed by atoms with Crippen LogP contribution >= 0.6 is 11.6 Å². The largest absolute Gasteiger partial charge is 0.396 e. The van der Waals surface area contributed by atoms with Gasteiger partial charge in [-0.3, -0.25) is 4.79 Å². The summed E-state index contributed by atoms with van der Waals surface area (Å²) in [5.41, 5.74) is 0.897. The lowest BCUT2D eigenvalue weighted by atomic mass is 10.1. The summed E-state index contributed by atoms with van der Waals surface area (Å²) < 4.78 is 1.88. The Balaban J connectivity index is 1.66. The van der Waals surface area contributed by atoms with Crippen LogP contribution in [0.2, 0.25) is 5.02 Å². The average molecular weight is 293 g/mol. The van der Waals surface area contributed by atoms with Crippen molar-refractivity contribution >= 4 is 28.4 Å². The van der Waals surface area contributed by atoms with Gasteiger partial charge in [0.25, 0.3) is 0 Å². The Labute approximate surface area is 122 Å². The highest BCUT2D eigenvalue weighted by molar-refractivity contribution is 6.31. The van der Waals surface area contributed by atoms with Gasteiger partial charge in [-0.1, -0.05) is 17.7 Å². The fourth-order valence-corrected chi connectivity index (χ4v) is 2.53. The molecule has 20 heavy (non-hydrogen) atoms. The Hall–Kier alpha value is -1.52. The molecule has 1 fully saturated rings. The molecule has 0 radical (unpaired) electrons. The maximum Gasteiger partial charge on any atom is 0.239 e. The van der Waals surface area contributed by atoms with Crippen LogP contribution in [0.1, 0.15) is 12.8 Å². The molecule has 5 heteroatoms. The van der Waals surface area contributed by atoms with Crippen molar-refractivity contribution in [2.75, 3.05) is 13.2 Å². The van der Waals surface area contributed by atoms with E-state index in [-0.39, 0.29) is 24.5 Å². The van der Waals surface area contributed by atoms with Crippen LogP contribution in [0.15, 0.2) is 30.5 Å². The minimum atomic E-state index is -0.0578. The molecule has 4 nitrogen and oxygen atoms in total. The van der Waals surface area contributed by atoms with E-state index in [0.29, 0.717) is 11.6 Å². The molecule has 0 spiro atoms. The van der Waals surface area contributed by atoms with Gasteiger partial charge in [0.05, 0.1) is 6.61 Å². The molecule has 0 saturated heterocycles. The van der Waals surface area contributed by atoms with Gasteiger partial charge in [-0.15, -0.1) is 0 Å². The van der Waals surface area contributed by atoms with Gasteiger partial charge in [-0.2, -0.15) is 0 Å². The van der Waals surface area contributed by atoms with Gasteiger partial charge in [0.15, 0.2) is 0 Å². The topological polar surface area (TPSA) is 54.3 Å². The van der Waals surface area contributed by atoms with E-state index in [1.54, 1.807) is 0 Å². The molecule has 1 heterocycles. The number of aromatic nitrogens is 1. The number of amides is 1. The first-order chi connectivity index (χ1) is 9.62. The zero-order valence-corrected chi connectivity index (χ0v) is 11.9. The fourth-order valence-electron chi connectivity index (χ4n) is 2.36. The Morgan fingerprint density at radius 3 is 2.90 bits per heavy atom. The third-order valence-corrected chi connectivity index (χ3v) is 4.24. The summed E-state index contributed by atoms with van der Waals surface area (Å²) in [5.74, 6) is -0.0396. The number of halogens is 1. The molecule has 1 amide bonds. The number of hydrogen-bond donors (Lipinski definition) is 2. The number of nitrogens with one attached hydrogen (secondary N) is 1. The van der Waals surface area contributed by atoms with Crippen LogP contribution in [0, 0.1) is 5.41 Å².